The lowest BCUT2D eigenvalue weighted by molar-refractivity contribution is 0.590. The molecule has 8 heteroatoms. The molecule has 0 aliphatic carbocycles. The minimum atomic E-state index is -0.103. The third kappa shape index (κ3) is 8.95. The van der Waals surface area contributed by atoms with Gasteiger partial charge in [-0.2, -0.15) is 0 Å². The van der Waals surface area contributed by atoms with E-state index in [1.165, 1.54) is 139 Å². The number of fused-ring (bicyclic) bond motifs is 12. The third-order valence-electron chi connectivity index (χ3n) is 18.6. The van der Waals surface area contributed by atoms with Crippen LogP contribution in [0.4, 0.5) is 68.2 Å². The van der Waals surface area contributed by atoms with Crippen LogP contribution in [0.5, 0.6) is 0 Å². The van der Waals surface area contributed by atoms with Crippen molar-refractivity contribution in [3.05, 3.63) is 257 Å². The second kappa shape index (κ2) is 20.6. The van der Waals surface area contributed by atoms with E-state index in [9.17, 15) is 0 Å². The first-order chi connectivity index (χ1) is 42.9. The minimum absolute atomic E-state index is 0.0593. The van der Waals surface area contributed by atoms with E-state index in [4.69, 9.17) is 0 Å². The van der Waals surface area contributed by atoms with Gasteiger partial charge in [0.25, 0.3) is 6.71 Å². The topological polar surface area (TPSA) is 13.0 Å². The number of nitrogens with zero attached hydrogens (tertiary/aromatic N) is 4. The molecule has 0 atom stereocenters. The smallest absolute Gasteiger partial charge is 0.264 e. The van der Waals surface area contributed by atoms with Crippen LogP contribution in [0, 0.1) is 34.6 Å². The molecule has 89 heavy (non-hydrogen) atoms. The fraction of sp³-hybridized carbons (Fsp3) is 0.160. The molecule has 14 aromatic rings. The van der Waals surface area contributed by atoms with Crippen LogP contribution in [0.3, 0.4) is 0 Å². The molecule has 3 aromatic heterocycles. The predicted molar refractivity (Wildman–Crippen MR) is 392 cm³/mol. The third-order valence-corrected chi connectivity index (χ3v) is 22.2. The maximum Gasteiger partial charge on any atom is 0.264 e. The normalized spacial score (nSPS) is 13.0. The van der Waals surface area contributed by atoms with Crippen molar-refractivity contribution in [1.82, 2.24) is 0 Å². The molecule has 0 saturated carbocycles. The molecular formula is C81H69BN4S3. The van der Waals surface area contributed by atoms with E-state index in [1.807, 2.05) is 34.0 Å². The molecule has 0 bridgehead atoms. The van der Waals surface area contributed by atoms with Crippen LogP contribution in [0.1, 0.15) is 80.5 Å². The molecule has 0 fully saturated rings. The van der Waals surface area contributed by atoms with Crippen LogP contribution in [-0.4, -0.2) is 6.71 Å². The van der Waals surface area contributed by atoms with Crippen molar-refractivity contribution in [2.75, 3.05) is 19.6 Å². The van der Waals surface area contributed by atoms with Gasteiger partial charge in [0.2, 0.25) is 0 Å². The van der Waals surface area contributed by atoms with Crippen molar-refractivity contribution in [3.8, 4) is 0 Å². The van der Waals surface area contributed by atoms with E-state index in [0.29, 0.717) is 0 Å². The Balaban J connectivity index is 1.01. The fourth-order valence-corrected chi connectivity index (χ4v) is 17.8. The van der Waals surface area contributed by atoms with Gasteiger partial charge in [-0.25, -0.2) is 0 Å². The largest absolute Gasteiger partial charge is 0.311 e. The zero-order valence-electron chi connectivity index (χ0n) is 52.4. The molecule has 2 aliphatic rings. The summed E-state index contributed by atoms with van der Waals surface area (Å²) in [5.74, 6) is 0. The number of aryl methyl sites for hydroxylation is 5. The molecule has 11 aromatic carbocycles. The van der Waals surface area contributed by atoms with Gasteiger partial charge in [0, 0.05) is 85.6 Å². The summed E-state index contributed by atoms with van der Waals surface area (Å²) in [6.07, 6.45) is 0. The molecule has 0 spiro atoms. The van der Waals surface area contributed by atoms with Gasteiger partial charge in [0.05, 0.1) is 37.8 Å². The first-order valence-electron chi connectivity index (χ1n) is 31.2. The molecule has 0 saturated heterocycles. The SMILES string of the molecule is Cc1ccc(N(c2ccc(C)cc2)c2ccc(N3c4ccc(C(C)(C)C)cc4B4c5sc6ccc(C(C)(C)C)cc6c5N(c5ccc(N(c6ccc(C)cc6)c6ccc(C)cc6)c6sc7ccccc7c56)c5cc(C)cc3c54)c3c2sc2ccccc23)cc1. The number of anilines is 12. The highest BCUT2D eigenvalue weighted by Crippen LogP contribution is 2.57. The quantitative estimate of drug-likeness (QED) is 0.141. The van der Waals surface area contributed by atoms with Gasteiger partial charge in [0.15, 0.2) is 0 Å². The summed E-state index contributed by atoms with van der Waals surface area (Å²) in [5, 5.41) is 6.33. The van der Waals surface area contributed by atoms with Gasteiger partial charge < -0.3 is 19.6 Å². The van der Waals surface area contributed by atoms with E-state index in [0.717, 1.165) is 34.1 Å². The molecule has 2 aliphatic heterocycles. The zero-order chi connectivity index (χ0) is 60.9. The Labute approximate surface area is 535 Å². The first-order valence-corrected chi connectivity index (χ1v) is 33.6. The minimum Gasteiger partial charge on any atom is -0.311 e. The Morgan fingerprint density at radius 3 is 1.22 bits per heavy atom. The zero-order valence-corrected chi connectivity index (χ0v) is 54.8. The van der Waals surface area contributed by atoms with E-state index in [2.05, 4.69) is 314 Å². The summed E-state index contributed by atoms with van der Waals surface area (Å²) >= 11 is 5.80. The average Bonchev–Trinajstić information content (AvgIpc) is 1.68. The van der Waals surface area contributed by atoms with Crippen molar-refractivity contribution in [2.45, 2.75) is 87.0 Å². The molecule has 16 rings (SSSR count). The molecule has 0 unspecified atom stereocenters. The van der Waals surface area contributed by atoms with Crippen molar-refractivity contribution >= 4 is 175 Å². The average molecular weight is 1210 g/mol. The highest BCUT2D eigenvalue weighted by molar-refractivity contribution is 7.34. The summed E-state index contributed by atoms with van der Waals surface area (Å²) in [6.45, 7) is 25.1. The lowest BCUT2D eigenvalue weighted by Gasteiger charge is -2.44. The number of hydrogen-bond acceptors (Lipinski definition) is 7. The Kier molecular flexibility index (Phi) is 12.8. The fourth-order valence-electron chi connectivity index (χ4n) is 14.0. The van der Waals surface area contributed by atoms with Gasteiger partial charge in [-0.3, -0.25) is 0 Å². The Bertz CT molecular complexity index is 5080. The van der Waals surface area contributed by atoms with E-state index >= 15 is 0 Å². The Hall–Kier alpha value is -8.92. The van der Waals surface area contributed by atoms with Gasteiger partial charge in [-0.1, -0.05) is 167 Å². The lowest BCUT2D eigenvalue weighted by atomic mass is 9.36. The van der Waals surface area contributed by atoms with Gasteiger partial charge >= 0.3 is 0 Å². The number of rotatable bonds is 8. The molecule has 0 radical (unpaired) electrons. The highest BCUT2D eigenvalue weighted by Gasteiger charge is 2.47. The predicted octanol–water partition coefficient (Wildman–Crippen LogP) is 22.8. The highest BCUT2D eigenvalue weighted by atomic mass is 32.1. The van der Waals surface area contributed by atoms with Crippen LogP contribution in [0.25, 0.3) is 50.4 Å². The Morgan fingerprint density at radius 1 is 0.348 bits per heavy atom. The summed E-state index contributed by atoms with van der Waals surface area (Å²) in [7, 11) is 0. The van der Waals surface area contributed by atoms with Crippen molar-refractivity contribution in [3.63, 3.8) is 0 Å². The van der Waals surface area contributed by atoms with Gasteiger partial charge in [0.1, 0.15) is 0 Å². The standard InChI is InChI=1S/C81H69BN4S3/c1-48-20-30-55(31-21-48)83(56-32-22-49(2)23-33-56)66-41-39-64(73-59-16-12-14-18-70(59)87-77(66)73)85-63-38-28-54(81(9,10)11)47-62(63)82-75-68(85)44-52(5)45-69(75)86(76-61-46-53(80(6,7)8)29-43-72(61)89-79(76)82)65-40-42-67(78-74(65)60-17-13-15-19-71(60)88-78)84(57-34-24-50(3)25-35-57)58-36-26-51(4)27-37-58/h12-47H,1-11H3. The summed E-state index contributed by atoms with van der Waals surface area (Å²) in [6, 6.07) is 83.9. The number of benzene rings is 11. The summed E-state index contributed by atoms with van der Waals surface area (Å²) in [4.78, 5) is 10.3. The molecule has 4 nitrogen and oxygen atoms in total. The lowest BCUT2D eigenvalue weighted by Crippen LogP contribution is -2.60. The Morgan fingerprint density at radius 2 is 0.753 bits per heavy atom. The molecule has 434 valence electrons. The molecule has 5 heterocycles. The van der Waals surface area contributed by atoms with Crippen LogP contribution in [-0.2, 0) is 10.8 Å². The second-order valence-electron chi connectivity index (χ2n) is 26.9. The van der Waals surface area contributed by atoms with E-state index in [1.54, 1.807) is 0 Å². The number of thiophene rings is 3. The maximum absolute atomic E-state index is 2.73. The molecule has 0 amide bonds. The van der Waals surface area contributed by atoms with Gasteiger partial charge in [-0.05, 0) is 188 Å². The molecule has 0 N–H and O–H groups in total. The monoisotopic (exact) mass is 1200 g/mol. The first kappa shape index (κ1) is 55.4. The van der Waals surface area contributed by atoms with Crippen LogP contribution in [0.15, 0.2) is 218 Å². The summed E-state index contributed by atoms with van der Waals surface area (Å²) < 4.78 is 7.72. The number of hydrogen-bond donors (Lipinski definition) is 0. The second-order valence-corrected chi connectivity index (χ2v) is 30.1. The molecular weight excluding hydrogens is 1140 g/mol. The van der Waals surface area contributed by atoms with Crippen LogP contribution >= 0.6 is 34.0 Å². The summed E-state index contributed by atoms with van der Waals surface area (Å²) in [5.41, 5.74) is 25.5. The van der Waals surface area contributed by atoms with E-state index < -0.39 is 0 Å². The van der Waals surface area contributed by atoms with Crippen molar-refractivity contribution in [1.29, 1.82) is 0 Å². The van der Waals surface area contributed by atoms with Crippen LogP contribution in [0.2, 0.25) is 0 Å². The van der Waals surface area contributed by atoms with E-state index in [-0.39, 0.29) is 17.5 Å². The van der Waals surface area contributed by atoms with Crippen LogP contribution < -0.4 is 35.3 Å². The maximum atomic E-state index is 2.73. The van der Waals surface area contributed by atoms with Gasteiger partial charge in [-0.15, -0.1) is 34.0 Å². The van der Waals surface area contributed by atoms with Crippen molar-refractivity contribution < 1.29 is 0 Å². The van der Waals surface area contributed by atoms with Crippen molar-refractivity contribution in [2.24, 2.45) is 0 Å².